The Morgan fingerprint density at radius 3 is 2.29 bits per heavy atom. The number of quaternary nitrogens is 1. The Labute approximate surface area is 129 Å². The van der Waals surface area contributed by atoms with Crippen molar-refractivity contribution in [2.24, 2.45) is 5.92 Å². The Balaban J connectivity index is 2.29. The van der Waals surface area contributed by atoms with E-state index in [-0.39, 0.29) is 6.10 Å². The van der Waals surface area contributed by atoms with Crippen molar-refractivity contribution in [2.75, 3.05) is 27.7 Å². The fourth-order valence-corrected chi connectivity index (χ4v) is 3.82. The first-order valence-electron chi connectivity index (χ1n) is 8.20. The zero-order chi connectivity index (χ0) is 15.9. The van der Waals surface area contributed by atoms with Crippen molar-refractivity contribution in [1.29, 1.82) is 0 Å². The lowest BCUT2D eigenvalue weighted by molar-refractivity contribution is -0.873. The maximum Gasteiger partial charge on any atom is 0.470 e. The van der Waals surface area contributed by atoms with E-state index in [2.05, 4.69) is 0 Å². The Bertz CT molecular complexity index is 331. The molecule has 1 saturated carbocycles. The molecule has 0 radical (unpaired) electrons. The third-order valence-electron chi connectivity index (χ3n) is 4.15. The monoisotopic (exact) mass is 322 g/mol. The Kier molecular flexibility index (Phi) is 7.86. The van der Waals surface area contributed by atoms with Crippen molar-refractivity contribution in [2.45, 2.75) is 63.9 Å². The highest BCUT2D eigenvalue weighted by Crippen LogP contribution is 2.39. The summed E-state index contributed by atoms with van der Waals surface area (Å²) in [6.07, 6.45) is 10.6. The molecule has 0 aliphatic heterocycles. The Morgan fingerprint density at radius 2 is 1.76 bits per heavy atom. The lowest BCUT2D eigenvalue weighted by Gasteiger charge is -2.29. The van der Waals surface area contributed by atoms with Gasteiger partial charge in [-0.2, -0.15) is 0 Å². The fraction of sp³-hybridized carbons (Fsp3) is 1.00. The molecule has 1 fully saturated rings. The fourth-order valence-electron chi connectivity index (χ4n) is 3.26. The first kappa shape index (κ1) is 19.1. The molecule has 0 amide bonds. The number of unbranched alkanes of at least 4 members (excludes halogenated alkanes) is 1. The molecule has 21 heavy (non-hydrogen) atoms. The van der Waals surface area contributed by atoms with Crippen LogP contribution >= 0.6 is 7.82 Å². The molecule has 5 nitrogen and oxygen atoms in total. The molecule has 1 unspecified atom stereocenters. The van der Waals surface area contributed by atoms with Crippen molar-refractivity contribution < 1.29 is 23.4 Å². The Morgan fingerprint density at radius 1 is 1.14 bits per heavy atom. The normalized spacial score (nSPS) is 19.7. The van der Waals surface area contributed by atoms with Gasteiger partial charge in [0.15, 0.2) is 0 Å². The molecule has 0 saturated heterocycles. The highest BCUT2D eigenvalue weighted by atomic mass is 31.2. The van der Waals surface area contributed by atoms with Crippen LogP contribution in [-0.2, 0) is 9.09 Å². The van der Waals surface area contributed by atoms with Crippen LogP contribution in [0.3, 0.4) is 0 Å². The molecule has 0 aromatic rings. The lowest BCUT2D eigenvalue weighted by atomic mass is 9.85. The van der Waals surface area contributed by atoms with Gasteiger partial charge in [-0.25, -0.2) is 4.57 Å². The number of hydrogen-bond acceptors (Lipinski definition) is 2. The van der Waals surface area contributed by atoms with E-state index in [0.29, 0.717) is 11.0 Å². The lowest BCUT2D eigenvalue weighted by Crippen LogP contribution is -2.42. The molecule has 126 valence electrons. The van der Waals surface area contributed by atoms with E-state index in [9.17, 15) is 4.57 Å². The molecule has 6 heteroatoms. The minimum absolute atomic E-state index is 0.364. The summed E-state index contributed by atoms with van der Waals surface area (Å²) in [5.74, 6) is 0.873. The number of phosphoric acid groups is 1. The SMILES string of the molecule is C[N+](C)(C)CC(CCCCC1CCCCC1)OP(=O)(O)O. The van der Waals surface area contributed by atoms with Gasteiger partial charge < -0.3 is 14.3 Å². The van der Waals surface area contributed by atoms with E-state index in [1.165, 1.54) is 38.5 Å². The quantitative estimate of drug-likeness (QED) is 0.388. The van der Waals surface area contributed by atoms with E-state index in [1.807, 2.05) is 21.1 Å². The van der Waals surface area contributed by atoms with Gasteiger partial charge in [-0.3, -0.25) is 4.52 Å². The highest BCUT2D eigenvalue weighted by molar-refractivity contribution is 7.46. The van der Waals surface area contributed by atoms with E-state index >= 15 is 0 Å². The predicted molar refractivity (Wildman–Crippen MR) is 84.9 cm³/mol. The molecule has 0 aromatic carbocycles. The summed E-state index contributed by atoms with van der Waals surface area (Å²) in [5, 5.41) is 0. The van der Waals surface area contributed by atoms with Gasteiger partial charge in [-0.05, 0) is 12.3 Å². The summed E-state index contributed by atoms with van der Waals surface area (Å²) in [5.41, 5.74) is 0. The molecule has 1 rings (SSSR count). The average Bonchev–Trinajstić information content (AvgIpc) is 2.32. The standard InChI is InChI=1S/C15H32NO4P/c1-16(2,3)13-15(20-21(17,18)19)12-8-7-11-14-9-5-4-6-10-14/h14-15H,4-13H2,1-3H3,(H-,17,18,19)/p+1. The molecule has 1 aliphatic carbocycles. The number of likely N-dealkylation sites (N-methyl/N-ethyl adjacent to an activating group) is 1. The van der Waals surface area contributed by atoms with Crippen molar-refractivity contribution in [3.05, 3.63) is 0 Å². The Hall–Kier alpha value is 0.0700. The zero-order valence-corrected chi connectivity index (χ0v) is 14.7. The van der Waals surface area contributed by atoms with Crippen LogP contribution in [0, 0.1) is 5.92 Å². The van der Waals surface area contributed by atoms with Crippen molar-refractivity contribution in [1.82, 2.24) is 0 Å². The predicted octanol–water partition coefficient (Wildman–Crippen LogP) is 3.31. The molecule has 0 heterocycles. The maximum absolute atomic E-state index is 11.1. The second-order valence-electron chi connectivity index (χ2n) is 7.48. The van der Waals surface area contributed by atoms with Crippen LogP contribution in [0.5, 0.6) is 0 Å². The summed E-state index contributed by atoms with van der Waals surface area (Å²) in [7, 11) is 1.64. The van der Waals surface area contributed by atoms with Crippen LogP contribution in [0.15, 0.2) is 0 Å². The molecule has 0 spiro atoms. The molecule has 0 aromatic heterocycles. The van der Waals surface area contributed by atoms with Gasteiger partial charge in [0.2, 0.25) is 0 Å². The molecular formula is C15H33NO4P+. The summed E-state index contributed by atoms with van der Waals surface area (Å²) in [6.45, 7) is 0.620. The van der Waals surface area contributed by atoms with Crippen LogP contribution in [0.1, 0.15) is 57.8 Å². The van der Waals surface area contributed by atoms with Gasteiger partial charge in [0.25, 0.3) is 0 Å². The first-order valence-corrected chi connectivity index (χ1v) is 9.73. The largest absolute Gasteiger partial charge is 0.470 e. The maximum atomic E-state index is 11.1. The summed E-state index contributed by atoms with van der Waals surface area (Å²) < 4.78 is 16.7. The molecule has 1 aliphatic rings. The second kappa shape index (κ2) is 8.64. The van der Waals surface area contributed by atoms with E-state index in [1.54, 1.807) is 0 Å². The summed E-state index contributed by atoms with van der Waals surface area (Å²) >= 11 is 0. The molecule has 1 atom stereocenters. The van der Waals surface area contributed by atoms with Gasteiger partial charge in [-0.1, -0.05) is 51.4 Å². The van der Waals surface area contributed by atoms with Crippen LogP contribution < -0.4 is 0 Å². The van der Waals surface area contributed by atoms with Crippen LogP contribution in [0.4, 0.5) is 0 Å². The molecule has 2 N–H and O–H groups in total. The third-order valence-corrected chi connectivity index (χ3v) is 4.72. The van der Waals surface area contributed by atoms with Gasteiger partial charge >= 0.3 is 7.82 Å². The molecule has 0 bridgehead atoms. The highest BCUT2D eigenvalue weighted by Gasteiger charge is 2.26. The molecular weight excluding hydrogens is 289 g/mol. The van der Waals surface area contributed by atoms with Gasteiger partial charge in [-0.15, -0.1) is 0 Å². The van der Waals surface area contributed by atoms with Gasteiger partial charge in [0, 0.05) is 0 Å². The van der Waals surface area contributed by atoms with E-state index < -0.39 is 7.82 Å². The number of phosphoric ester groups is 1. The minimum atomic E-state index is -4.39. The minimum Gasteiger partial charge on any atom is -0.329 e. The summed E-state index contributed by atoms with van der Waals surface area (Å²) in [6, 6.07) is 0. The third kappa shape index (κ3) is 10.4. The average molecular weight is 322 g/mol. The number of hydrogen-bond donors (Lipinski definition) is 2. The van der Waals surface area contributed by atoms with Gasteiger partial charge in [0.05, 0.1) is 21.1 Å². The van der Waals surface area contributed by atoms with E-state index in [0.717, 1.165) is 25.2 Å². The van der Waals surface area contributed by atoms with Crippen LogP contribution in [0.2, 0.25) is 0 Å². The van der Waals surface area contributed by atoms with Crippen molar-refractivity contribution in [3.63, 3.8) is 0 Å². The topological polar surface area (TPSA) is 66.8 Å². The smallest absolute Gasteiger partial charge is 0.329 e. The second-order valence-corrected chi connectivity index (χ2v) is 8.67. The van der Waals surface area contributed by atoms with Crippen molar-refractivity contribution in [3.8, 4) is 0 Å². The number of rotatable bonds is 9. The number of nitrogens with zero attached hydrogens (tertiary/aromatic N) is 1. The van der Waals surface area contributed by atoms with Crippen LogP contribution in [0.25, 0.3) is 0 Å². The summed E-state index contributed by atoms with van der Waals surface area (Å²) in [4.78, 5) is 18.1. The van der Waals surface area contributed by atoms with Crippen LogP contribution in [-0.4, -0.2) is 48.1 Å². The first-order chi connectivity index (χ1) is 9.66. The zero-order valence-electron chi connectivity index (χ0n) is 13.8. The van der Waals surface area contributed by atoms with E-state index in [4.69, 9.17) is 14.3 Å². The van der Waals surface area contributed by atoms with Gasteiger partial charge in [0.1, 0.15) is 12.6 Å². The van der Waals surface area contributed by atoms with Crippen molar-refractivity contribution >= 4 is 7.82 Å².